The van der Waals surface area contributed by atoms with Crippen LogP contribution in [0.1, 0.15) is 51.4 Å². The molecule has 7 aromatic rings. The van der Waals surface area contributed by atoms with Crippen molar-refractivity contribution >= 4 is 17.9 Å². The molecule has 0 aliphatic carbocycles. The van der Waals surface area contributed by atoms with Gasteiger partial charge in [0, 0.05) is 28.8 Å². The number of para-hydroxylation sites is 2. The van der Waals surface area contributed by atoms with Crippen LogP contribution < -0.4 is 5.32 Å². The second kappa shape index (κ2) is 13.7. The zero-order chi connectivity index (χ0) is 32.9. The predicted octanol–water partition coefficient (Wildman–Crippen LogP) is 8.71. The summed E-state index contributed by atoms with van der Waals surface area (Å²) in [6.45, 7) is 4.06. The summed E-state index contributed by atoms with van der Waals surface area (Å²) in [5.74, 6) is 1.07. The van der Waals surface area contributed by atoms with Crippen LogP contribution in [0.5, 0.6) is 0 Å². The van der Waals surface area contributed by atoms with Crippen LogP contribution in [0.25, 0.3) is 11.4 Å². The predicted molar refractivity (Wildman–Crippen MR) is 193 cm³/mol. The molecule has 2 N–H and O–H groups in total. The van der Waals surface area contributed by atoms with E-state index in [4.69, 9.17) is 15.2 Å². The van der Waals surface area contributed by atoms with Crippen LogP contribution in [0.3, 0.4) is 0 Å². The monoisotopic (exact) mass is 628 g/mol. The van der Waals surface area contributed by atoms with Gasteiger partial charge < -0.3 is 10.4 Å². The molecule has 0 saturated heterocycles. The molecule has 0 spiro atoms. The molecule has 0 aliphatic rings. The smallest absolute Gasteiger partial charge is 0.160 e. The van der Waals surface area contributed by atoms with E-state index in [-0.39, 0.29) is 5.92 Å². The molecule has 2 atom stereocenters. The van der Waals surface area contributed by atoms with Gasteiger partial charge in [0.1, 0.15) is 5.82 Å². The van der Waals surface area contributed by atoms with Crippen molar-refractivity contribution < 1.29 is 5.11 Å². The number of aliphatic hydroxyl groups is 1. The maximum atomic E-state index is 11.6. The Morgan fingerprint density at radius 1 is 0.583 bits per heavy atom. The van der Waals surface area contributed by atoms with Crippen LogP contribution in [0.4, 0.5) is 11.6 Å². The highest BCUT2D eigenvalue weighted by molar-refractivity contribution is 5.82. The van der Waals surface area contributed by atoms with Crippen molar-refractivity contribution in [2.45, 2.75) is 26.0 Å². The molecule has 0 bridgehead atoms. The third-order valence-electron chi connectivity index (χ3n) is 8.42. The van der Waals surface area contributed by atoms with Gasteiger partial charge in [-0.15, -0.1) is 0 Å². The summed E-state index contributed by atoms with van der Waals surface area (Å²) < 4.78 is 3.81. The number of aliphatic imine (C=N–C) groups is 1. The Bertz CT molecular complexity index is 2120. The summed E-state index contributed by atoms with van der Waals surface area (Å²) >= 11 is 0. The maximum Gasteiger partial charge on any atom is 0.160 e. The first-order chi connectivity index (χ1) is 23.6. The lowest BCUT2D eigenvalue weighted by Crippen LogP contribution is -2.16. The van der Waals surface area contributed by atoms with Gasteiger partial charge in [0.2, 0.25) is 0 Å². The van der Waals surface area contributed by atoms with E-state index >= 15 is 0 Å². The van der Waals surface area contributed by atoms with Gasteiger partial charge in [0.25, 0.3) is 0 Å². The molecule has 2 aromatic heterocycles. The first kappa shape index (κ1) is 30.6. The van der Waals surface area contributed by atoms with Gasteiger partial charge in [-0.25, -0.2) is 14.4 Å². The van der Waals surface area contributed by atoms with Gasteiger partial charge in [-0.2, -0.15) is 10.2 Å². The van der Waals surface area contributed by atoms with E-state index in [1.54, 1.807) is 0 Å². The number of aryl methyl sites for hydroxylation is 2. The summed E-state index contributed by atoms with van der Waals surface area (Å²) in [7, 11) is 0. The fraction of sp³-hybridized carbons (Fsp3) is 0.0976. The molecule has 48 heavy (non-hydrogen) atoms. The number of anilines is 1. The number of nitrogens with one attached hydrogen (secondary N) is 1. The molecular weight excluding hydrogens is 592 g/mol. The third-order valence-corrected chi connectivity index (χ3v) is 8.42. The molecule has 5 aromatic carbocycles. The summed E-state index contributed by atoms with van der Waals surface area (Å²) in [5.41, 5.74) is 8.11. The van der Waals surface area contributed by atoms with Crippen molar-refractivity contribution in [1.82, 2.24) is 19.6 Å². The van der Waals surface area contributed by atoms with Gasteiger partial charge in [0.15, 0.2) is 12.0 Å². The molecule has 0 saturated carbocycles. The van der Waals surface area contributed by atoms with E-state index in [9.17, 15) is 5.11 Å². The third kappa shape index (κ3) is 6.19. The lowest BCUT2D eigenvalue weighted by Gasteiger charge is -2.23. The number of aromatic nitrogens is 4. The standard InChI is InChI=1S/C41H36N6O/c1-29-36(39(42-28-31-18-8-3-9-19-31)46(44-29)34-24-14-6-15-25-34)38(32-20-10-4-11-21-32)37-30(2)45-47(35-26-16-7-17-27-35)40(37)43-41(48)33-22-12-5-13-23-33/h3-28,38,41,43,48H,1-2H3/t38-,41-/m0/s1. The summed E-state index contributed by atoms with van der Waals surface area (Å²) in [5, 5.41) is 25.2. The quantitative estimate of drug-likeness (QED) is 0.117. The van der Waals surface area contributed by atoms with Gasteiger partial charge in [-0.3, -0.25) is 0 Å². The Hall–Kier alpha value is -6.05. The van der Waals surface area contributed by atoms with E-state index in [1.165, 1.54) is 0 Å². The maximum absolute atomic E-state index is 11.6. The van der Waals surface area contributed by atoms with Crippen molar-refractivity contribution in [3.8, 4) is 11.4 Å². The van der Waals surface area contributed by atoms with Crippen LogP contribution in [0.2, 0.25) is 0 Å². The topological polar surface area (TPSA) is 80.3 Å². The average Bonchev–Trinajstić information content (AvgIpc) is 3.65. The van der Waals surface area contributed by atoms with E-state index in [1.807, 2.05) is 157 Å². The minimum atomic E-state index is -0.983. The summed E-state index contributed by atoms with van der Waals surface area (Å²) in [6.07, 6.45) is 0.906. The highest BCUT2D eigenvalue weighted by atomic mass is 16.3. The largest absolute Gasteiger partial charge is 0.369 e. The number of nitrogens with zero attached hydrogens (tertiary/aromatic N) is 5. The number of benzene rings is 5. The van der Waals surface area contributed by atoms with Crippen LogP contribution in [-0.4, -0.2) is 30.9 Å². The lowest BCUT2D eigenvalue weighted by molar-refractivity contribution is 0.207. The molecule has 0 amide bonds. The SMILES string of the molecule is Cc1nn(-c2ccccc2)c(N=Cc2ccccc2)c1[C@H](c1ccccc1)c1c(C)nn(-c2ccccc2)c1N[C@@H](O)c1ccccc1. The number of rotatable bonds is 10. The molecule has 236 valence electrons. The molecule has 7 nitrogen and oxygen atoms in total. The molecule has 0 fully saturated rings. The lowest BCUT2D eigenvalue weighted by atomic mass is 9.84. The van der Waals surface area contributed by atoms with Crippen molar-refractivity contribution in [3.05, 3.63) is 191 Å². The number of hydrogen-bond donors (Lipinski definition) is 2. The van der Waals surface area contributed by atoms with Gasteiger partial charge in [-0.1, -0.05) is 127 Å². The van der Waals surface area contributed by atoms with Crippen LogP contribution >= 0.6 is 0 Å². The molecular formula is C41H36N6O. The molecule has 7 rings (SSSR count). The van der Waals surface area contributed by atoms with Crippen molar-refractivity contribution in [1.29, 1.82) is 0 Å². The number of aliphatic hydroxyl groups excluding tert-OH is 1. The van der Waals surface area contributed by atoms with Crippen LogP contribution in [0.15, 0.2) is 157 Å². The first-order valence-corrected chi connectivity index (χ1v) is 16.0. The number of hydrogen-bond acceptors (Lipinski definition) is 5. The molecule has 0 radical (unpaired) electrons. The van der Waals surface area contributed by atoms with E-state index < -0.39 is 6.23 Å². The molecule has 0 aliphatic heterocycles. The Labute approximate surface area is 280 Å². The fourth-order valence-electron chi connectivity index (χ4n) is 6.16. The van der Waals surface area contributed by atoms with E-state index in [0.717, 1.165) is 56.4 Å². The summed E-state index contributed by atoms with van der Waals surface area (Å²) in [6, 6.07) is 50.2. The van der Waals surface area contributed by atoms with Crippen LogP contribution in [0, 0.1) is 13.8 Å². The van der Waals surface area contributed by atoms with Gasteiger partial charge in [0.05, 0.1) is 22.8 Å². The van der Waals surface area contributed by atoms with Crippen molar-refractivity contribution in [2.75, 3.05) is 5.32 Å². The highest BCUT2D eigenvalue weighted by Gasteiger charge is 2.33. The second-order valence-electron chi connectivity index (χ2n) is 11.6. The van der Waals surface area contributed by atoms with Gasteiger partial charge >= 0.3 is 0 Å². The zero-order valence-corrected chi connectivity index (χ0v) is 26.8. The van der Waals surface area contributed by atoms with Crippen molar-refractivity contribution in [3.63, 3.8) is 0 Å². The molecule has 0 unspecified atom stereocenters. The molecule has 7 heteroatoms. The van der Waals surface area contributed by atoms with Crippen molar-refractivity contribution in [2.24, 2.45) is 4.99 Å². The average molecular weight is 629 g/mol. The molecule has 2 heterocycles. The highest BCUT2D eigenvalue weighted by Crippen LogP contribution is 2.45. The second-order valence-corrected chi connectivity index (χ2v) is 11.6. The fourth-order valence-corrected chi connectivity index (χ4v) is 6.16. The minimum absolute atomic E-state index is 0.338. The Morgan fingerprint density at radius 2 is 1.04 bits per heavy atom. The first-order valence-electron chi connectivity index (χ1n) is 16.0. The Balaban J connectivity index is 1.49. The summed E-state index contributed by atoms with van der Waals surface area (Å²) in [4.78, 5) is 5.16. The zero-order valence-electron chi connectivity index (χ0n) is 26.8. The van der Waals surface area contributed by atoms with Gasteiger partial charge in [-0.05, 0) is 49.2 Å². The van der Waals surface area contributed by atoms with Crippen LogP contribution in [-0.2, 0) is 0 Å². The van der Waals surface area contributed by atoms with E-state index in [0.29, 0.717) is 5.82 Å². The van der Waals surface area contributed by atoms with E-state index in [2.05, 4.69) is 29.6 Å². The Kier molecular flexibility index (Phi) is 8.76. The Morgan fingerprint density at radius 3 is 1.62 bits per heavy atom. The normalized spacial score (nSPS) is 12.6. The minimum Gasteiger partial charge on any atom is -0.369 e.